The monoisotopic (exact) mass is 210 g/mol. The molecule has 0 bridgehead atoms. The van der Waals surface area contributed by atoms with E-state index in [-0.39, 0.29) is 0 Å². The van der Waals surface area contributed by atoms with E-state index in [4.69, 9.17) is 11.2 Å². The second-order valence-corrected chi connectivity index (χ2v) is 9.09. The minimum atomic E-state index is 0.329. The Kier molecular flexibility index (Phi) is 9.92. The van der Waals surface area contributed by atoms with Gasteiger partial charge in [-0.25, -0.2) is 0 Å². The Morgan fingerprint density at radius 3 is 2.45 bits per heavy atom. The number of rotatable bonds is 7. The normalized spacial score (nSPS) is 14.4. The van der Waals surface area contributed by atoms with Crippen LogP contribution in [0.15, 0.2) is 0 Å². The topological polar surface area (TPSA) is 0 Å². The van der Waals surface area contributed by atoms with Crippen LogP contribution in [0.2, 0.25) is 0 Å². The predicted molar refractivity (Wildman–Crippen MR) is 62.6 cm³/mol. The molecule has 0 saturated heterocycles. The maximum atomic E-state index is 5.26. The Morgan fingerprint density at radius 2 is 1.91 bits per heavy atom. The molecule has 0 aliphatic carbocycles. The van der Waals surface area contributed by atoms with E-state index in [0.29, 0.717) is 9.07 Å². The summed E-state index contributed by atoms with van der Waals surface area (Å²) in [5.74, 6) is 1.21. The Hall–Kier alpha value is 1.00. The van der Waals surface area contributed by atoms with E-state index in [2.05, 4.69) is 13.8 Å². The fourth-order valence-electron chi connectivity index (χ4n) is 0.840. The van der Waals surface area contributed by atoms with E-state index in [1.165, 1.54) is 37.6 Å². The minimum Gasteiger partial charge on any atom is -0.101 e. The molecule has 0 radical (unpaired) electrons. The molecule has 0 aromatic rings. The fourth-order valence-corrected chi connectivity index (χ4v) is 4.14. The van der Waals surface area contributed by atoms with Crippen molar-refractivity contribution in [1.82, 2.24) is 0 Å². The summed E-state index contributed by atoms with van der Waals surface area (Å²) in [4.78, 5) is 0. The van der Waals surface area contributed by atoms with Gasteiger partial charge in [0, 0.05) is 0 Å². The summed E-state index contributed by atoms with van der Waals surface area (Å²) in [5.41, 5.74) is 0. The molecule has 0 aromatic heterocycles. The van der Waals surface area contributed by atoms with Gasteiger partial charge < -0.3 is 0 Å². The SMILES string of the molecule is CCCCCCPS(=S)CC. The van der Waals surface area contributed by atoms with Crippen molar-refractivity contribution in [1.29, 1.82) is 0 Å². The zero-order valence-corrected chi connectivity index (χ0v) is 10.2. The molecule has 0 aliphatic heterocycles. The number of hydrogen-bond donors (Lipinski definition) is 0. The lowest BCUT2D eigenvalue weighted by Crippen LogP contribution is -1.84. The van der Waals surface area contributed by atoms with Gasteiger partial charge in [0.15, 0.2) is 0 Å². The zero-order valence-electron chi connectivity index (χ0n) is 7.56. The lowest BCUT2D eigenvalue weighted by atomic mass is 10.2. The van der Waals surface area contributed by atoms with Gasteiger partial charge >= 0.3 is 0 Å². The molecule has 2 unspecified atom stereocenters. The molecule has 2 atom stereocenters. The summed E-state index contributed by atoms with van der Waals surface area (Å²) in [6.07, 6.45) is 6.96. The molecule has 0 heterocycles. The molecule has 0 aliphatic rings. The highest BCUT2D eigenvalue weighted by Gasteiger charge is 1.91. The molecule has 0 N–H and O–H groups in total. The molecule has 0 amide bonds. The Bertz CT molecular complexity index is 104. The van der Waals surface area contributed by atoms with E-state index < -0.39 is 0 Å². The zero-order chi connectivity index (χ0) is 8.53. The standard InChI is InChI=1S/C8H19PS2/c1-3-5-6-7-8-9-11(10)4-2/h9H,3-8H2,1-2H3. The largest absolute Gasteiger partial charge is 0.101 e. The van der Waals surface area contributed by atoms with Gasteiger partial charge in [0.2, 0.25) is 0 Å². The van der Waals surface area contributed by atoms with Crippen LogP contribution < -0.4 is 0 Å². The van der Waals surface area contributed by atoms with Crippen molar-refractivity contribution in [3.05, 3.63) is 0 Å². The van der Waals surface area contributed by atoms with Crippen molar-refractivity contribution in [3.63, 3.8) is 0 Å². The maximum absolute atomic E-state index is 5.26. The minimum absolute atomic E-state index is 0.329. The van der Waals surface area contributed by atoms with E-state index >= 15 is 0 Å². The summed E-state index contributed by atoms with van der Waals surface area (Å²) in [6.45, 7) is 4.46. The fraction of sp³-hybridized carbons (Fsp3) is 1.00. The summed E-state index contributed by atoms with van der Waals surface area (Å²) in [7, 11) is 1.39. The molecule has 0 spiro atoms. The van der Waals surface area contributed by atoms with Crippen LogP contribution in [0.1, 0.15) is 39.5 Å². The van der Waals surface area contributed by atoms with Crippen molar-refractivity contribution in [3.8, 4) is 0 Å². The molecule has 11 heavy (non-hydrogen) atoms. The highest BCUT2D eigenvalue weighted by atomic mass is 33.1. The molecular formula is C8H19PS2. The summed E-state index contributed by atoms with van der Waals surface area (Å²) in [5, 5.41) is 0. The average molecular weight is 210 g/mol. The van der Waals surface area contributed by atoms with Crippen LogP contribution in [-0.4, -0.2) is 11.9 Å². The number of hydrogen-bond acceptors (Lipinski definition) is 1. The molecule has 0 fully saturated rings. The third-order valence-corrected chi connectivity index (χ3v) is 7.17. The summed E-state index contributed by atoms with van der Waals surface area (Å²) >= 11 is 5.26. The number of unbranched alkanes of at least 4 members (excludes halogenated alkanes) is 3. The Balaban J connectivity index is 2.95. The van der Waals surface area contributed by atoms with E-state index in [1.807, 2.05) is 0 Å². The van der Waals surface area contributed by atoms with Gasteiger partial charge in [0.05, 0.1) is 0 Å². The molecule has 68 valence electrons. The molecule has 0 nitrogen and oxygen atoms in total. The lowest BCUT2D eigenvalue weighted by Gasteiger charge is -2.01. The molecule has 0 rings (SSSR count). The third kappa shape index (κ3) is 8.91. The average Bonchev–Trinajstić information content (AvgIpc) is 2.04. The van der Waals surface area contributed by atoms with Gasteiger partial charge in [-0.3, -0.25) is 0 Å². The Labute approximate surface area is 79.7 Å². The van der Waals surface area contributed by atoms with Crippen LogP contribution in [0.3, 0.4) is 0 Å². The van der Waals surface area contributed by atoms with Crippen LogP contribution in [0.5, 0.6) is 0 Å². The van der Waals surface area contributed by atoms with Gasteiger partial charge in [0.25, 0.3) is 0 Å². The van der Waals surface area contributed by atoms with E-state index in [0.717, 1.165) is 7.78 Å². The molecule has 0 aromatic carbocycles. The van der Waals surface area contributed by atoms with Crippen molar-refractivity contribution < 1.29 is 0 Å². The quantitative estimate of drug-likeness (QED) is 0.459. The van der Waals surface area contributed by atoms with Crippen molar-refractivity contribution in [2.45, 2.75) is 39.5 Å². The smallest absolute Gasteiger partial charge is 0.00129 e. The van der Waals surface area contributed by atoms with Crippen molar-refractivity contribution in [2.24, 2.45) is 0 Å². The van der Waals surface area contributed by atoms with Gasteiger partial charge in [0.1, 0.15) is 0 Å². The Morgan fingerprint density at radius 1 is 1.18 bits per heavy atom. The summed E-state index contributed by atoms with van der Waals surface area (Å²) < 4.78 is 0. The maximum Gasteiger partial charge on any atom is -0.00129 e. The van der Waals surface area contributed by atoms with Gasteiger partial charge in [-0.15, -0.1) is 9.07 Å². The van der Waals surface area contributed by atoms with Crippen LogP contribution in [-0.2, 0) is 20.3 Å². The van der Waals surface area contributed by atoms with Crippen LogP contribution in [0.4, 0.5) is 0 Å². The second-order valence-electron chi connectivity index (χ2n) is 2.59. The first-order valence-electron chi connectivity index (χ1n) is 4.43. The highest BCUT2D eigenvalue weighted by Crippen LogP contribution is 2.19. The van der Waals surface area contributed by atoms with E-state index in [1.54, 1.807) is 0 Å². The van der Waals surface area contributed by atoms with Gasteiger partial charge in [-0.05, 0) is 29.5 Å². The van der Waals surface area contributed by atoms with Crippen molar-refractivity contribution >= 4 is 28.0 Å². The highest BCUT2D eigenvalue weighted by molar-refractivity contribution is 8.61. The summed E-state index contributed by atoms with van der Waals surface area (Å²) in [6, 6.07) is 0. The van der Waals surface area contributed by atoms with Gasteiger partial charge in [-0.2, -0.15) is 0 Å². The second kappa shape index (κ2) is 9.09. The first kappa shape index (κ1) is 12.0. The van der Waals surface area contributed by atoms with E-state index in [9.17, 15) is 0 Å². The first-order valence-corrected chi connectivity index (χ1v) is 8.68. The molecule has 0 saturated carbocycles. The van der Waals surface area contributed by atoms with Crippen LogP contribution in [0, 0.1) is 0 Å². The molecule has 3 heteroatoms. The van der Waals surface area contributed by atoms with Crippen LogP contribution >= 0.6 is 7.78 Å². The third-order valence-electron chi connectivity index (χ3n) is 1.56. The van der Waals surface area contributed by atoms with Gasteiger partial charge in [-0.1, -0.05) is 40.9 Å². The first-order chi connectivity index (χ1) is 5.31. The van der Waals surface area contributed by atoms with Crippen LogP contribution in [0.25, 0.3) is 0 Å². The molecular weight excluding hydrogens is 191 g/mol. The lowest BCUT2D eigenvalue weighted by molar-refractivity contribution is 0.706. The van der Waals surface area contributed by atoms with Crippen molar-refractivity contribution in [2.75, 3.05) is 11.9 Å². The predicted octanol–water partition coefficient (Wildman–Crippen LogP) is 3.26.